The van der Waals surface area contributed by atoms with E-state index in [1.807, 2.05) is 24.0 Å². The first-order valence-electron chi connectivity index (χ1n) is 8.45. The number of rotatable bonds is 8. The number of carbonyl (C=O) groups is 1. The van der Waals surface area contributed by atoms with Crippen molar-refractivity contribution in [3.05, 3.63) is 45.5 Å². The Morgan fingerprint density at radius 1 is 1.30 bits per heavy atom. The zero-order valence-corrected chi connectivity index (χ0v) is 15.5. The summed E-state index contributed by atoms with van der Waals surface area (Å²) < 4.78 is 0. The van der Waals surface area contributed by atoms with Gasteiger partial charge < -0.3 is 4.90 Å². The van der Waals surface area contributed by atoms with Gasteiger partial charge in [-0.2, -0.15) is 0 Å². The molecule has 4 heteroatoms. The number of halogens is 2. The monoisotopic (exact) mass is 353 g/mol. The van der Waals surface area contributed by atoms with Crippen LogP contribution in [0.15, 0.2) is 29.8 Å². The standard InChI is InChI=1S/C19H25Cl2NO/c1-3-4-5-6-8-14(2)19(23)22(16-11-12-16)13-15-9-7-10-17(20)18(15)21/h7-10,16H,3-6,11-13H2,1-2H3. The molecule has 0 heterocycles. The van der Waals surface area contributed by atoms with Gasteiger partial charge in [0.1, 0.15) is 0 Å². The van der Waals surface area contributed by atoms with Gasteiger partial charge in [0, 0.05) is 18.2 Å². The summed E-state index contributed by atoms with van der Waals surface area (Å²) in [6, 6.07) is 5.94. The molecule has 1 fully saturated rings. The van der Waals surface area contributed by atoms with E-state index in [1.165, 1.54) is 12.8 Å². The Morgan fingerprint density at radius 3 is 2.70 bits per heavy atom. The van der Waals surface area contributed by atoms with Crippen LogP contribution in [0, 0.1) is 0 Å². The van der Waals surface area contributed by atoms with Crippen LogP contribution in [0.1, 0.15) is 57.9 Å². The lowest BCUT2D eigenvalue weighted by Crippen LogP contribution is -2.33. The average molecular weight is 354 g/mol. The third kappa shape index (κ3) is 5.26. The maximum atomic E-state index is 12.8. The third-order valence-corrected chi connectivity index (χ3v) is 5.07. The summed E-state index contributed by atoms with van der Waals surface area (Å²) >= 11 is 12.4. The quantitative estimate of drug-likeness (QED) is 0.413. The van der Waals surface area contributed by atoms with E-state index in [0.29, 0.717) is 22.6 Å². The van der Waals surface area contributed by atoms with Crippen LogP contribution in [-0.4, -0.2) is 16.8 Å². The summed E-state index contributed by atoms with van der Waals surface area (Å²) in [5.41, 5.74) is 1.75. The number of nitrogens with zero attached hydrogens (tertiary/aromatic N) is 1. The van der Waals surface area contributed by atoms with Crippen molar-refractivity contribution in [2.45, 2.75) is 65.0 Å². The van der Waals surface area contributed by atoms with Crippen LogP contribution in [0.5, 0.6) is 0 Å². The Kier molecular flexibility index (Phi) is 6.98. The van der Waals surface area contributed by atoms with E-state index in [0.717, 1.165) is 36.8 Å². The summed E-state index contributed by atoms with van der Waals surface area (Å²) in [5.74, 6) is 0.125. The van der Waals surface area contributed by atoms with Crippen molar-refractivity contribution in [3.8, 4) is 0 Å². The Hall–Kier alpha value is -0.990. The van der Waals surface area contributed by atoms with Crippen molar-refractivity contribution in [1.82, 2.24) is 4.90 Å². The zero-order valence-electron chi connectivity index (χ0n) is 13.9. The summed E-state index contributed by atoms with van der Waals surface area (Å²) in [6.07, 6.45) is 8.75. The Bertz CT molecular complexity index is 579. The molecule has 1 aromatic carbocycles. The van der Waals surface area contributed by atoms with E-state index in [9.17, 15) is 4.79 Å². The van der Waals surface area contributed by atoms with Crippen LogP contribution in [0.2, 0.25) is 10.0 Å². The SMILES string of the molecule is CCCCCC=C(C)C(=O)N(Cc1cccc(Cl)c1Cl)C1CC1. The van der Waals surface area contributed by atoms with Crippen molar-refractivity contribution < 1.29 is 4.79 Å². The lowest BCUT2D eigenvalue weighted by molar-refractivity contribution is -0.128. The Balaban J connectivity index is 2.06. The van der Waals surface area contributed by atoms with Crippen molar-refractivity contribution in [2.24, 2.45) is 0 Å². The molecule has 0 unspecified atom stereocenters. The molecule has 1 aromatic rings. The second kappa shape index (κ2) is 8.75. The molecule has 2 rings (SSSR count). The number of hydrogen-bond acceptors (Lipinski definition) is 1. The van der Waals surface area contributed by atoms with E-state index in [1.54, 1.807) is 6.07 Å². The molecule has 0 bridgehead atoms. The van der Waals surface area contributed by atoms with Gasteiger partial charge in [-0.15, -0.1) is 0 Å². The van der Waals surface area contributed by atoms with Crippen LogP contribution < -0.4 is 0 Å². The molecule has 0 radical (unpaired) electrons. The minimum Gasteiger partial charge on any atom is -0.332 e. The normalized spacial score (nSPS) is 14.9. The minimum absolute atomic E-state index is 0.125. The molecule has 1 aliphatic rings. The Labute approximate surface area is 149 Å². The van der Waals surface area contributed by atoms with E-state index in [2.05, 4.69) is 13.0 Å². The summed E-state index contributed by atoms with van der Waals surface area (Å²) in [6.45, 7) is 4.64. The molecule has 1 saturated carbocycles. The molecular weight excluding hydrogens is 329 g/mol. The molecule has 0 atom stereocenters. The second-order valence-electron chi connectivity index (χ2n) is 6.26. The van der Waals surface area contributed by atoms with Gasteiger partial charge in [0.2, 0.25) is 5.91 Å². The molecule has 0 aromatic heterocycles. The highest BCUT2D eigenvalue weighted by atomic mass is 35.5. The van der Waals surface area contributed by atoms with Crippen LogP contribution in [0.25, 0.3) is 0 Å². The third-order valence-electron chi connectivity index (χ3n) is 4.22. The summed E-state index contributed by atoms with van der Waals surface area (Å²) in [7, 11) is 0. The highest BCUT2D eigenvalue weighted by Crippen LogP contribution is 2.33. The molecule has 126 valence electrons. The maximum absolute atomic E-state index is 12.8. The fourth-order valence-electron chi connectivity index (χ4n) is 2.63. The van der Waals surface area contributed by atoms with Gasteiger partial charge in [-0.3, -0.25) is 4.79 Å². The highest BCUT2D eigenvalue weighted by molar-refractivity contribution is 6.42. The first-order chi connectivity index (χ1) is 11.0. The number of benzene rings is 1. The predicted octanol–water partition coefficient (Wildman–Crippen LogP) is 6.01. The molecule has 0 saturated heterocycles. The van der Waals surface area contributed by atoms with Crippen molar-refractivity contribution >= 4 is 29.1 Å². The molecule has 0 N–H and O–H groups in total. The summed E-state index contributed by atoms with van der Waals surface area (Å²) in [4.78, 5) is 14.7. The number of hydrogen-bond donors (Lipinski definition) is 0. The van der Waals surface area contributed by atoms with E-state index in [4.69, 9.17) is 23.2 Å². The molecular formula is C19H25Cl2NO. The van der Waals surface area contributed by atoms with E-state index >= 15 is 0 Å². The van der Waals surface area contributed by atoms with Gasteiger partial charge in [0.25, 0.3) is 0 Å². The lowest BCUT2D eigenvalue weighted by atomic mass is 10.1. The molecule has 2 nitrogen and oxygen atoms in total. The van der Waals surface area contributed by atoms with Gasteiger partial charge in [-0.25, -0.2) is 0 Å². The lowest BCUT2D eigenvalue weighted by Gasteiger charge is -2.24. The average Bonchev–Trinajstić information content (AvgIpc) is 3.37. The van der Waals surface area contributed by atoms with Crippen molar-refractivity contribution in [2.75, 3.05) is 0 Å². The fourth-order valence-corrected chi connectivity index (χ4v) is 3.01. The van der Waals surface area contributed by atoms with Gasteiger partial charge in [-0.05, 0) is 44.2 Å². The van der Waals surface area contributed by atoms with Crippen LogP contribution in [0.4, 0.5) is 0 Å². The van der Waals surface area contributed by atoms with E-state index < -0.39 is 0 Å². The van der Waals surface area contributed by atoms with Gasteiger partial charge in [-0.1, -0.05) is 61.2 Å². The minimum atomic E-state index is 0.125. The molecule has 0 aliphatic heterocycles. The van der Waals surface area contributed by atoms with Crippen LogP contribution in [0.3, 0.4) is 0 Å². The van der Waals surface area contributed by atoms with E-state index in [-0.39, 0.29) is 5.91 Å². The highest BCUT2D eigenvalue weighted by Gasteiger charge is 2.33. The van der Waals surface area contributed by atoms with Gasteiger partial charge >= 0.3 is 0 Å². The summed E-state index contributed by atoms with van der Waals surface area (Å²) in [5, 5.41) is 1.09. The number of unbranched alkanes of at least 4 members (excludes halogenated alkanes) is 3. The number of allylic oxidation sites excluding steroid dienone is 1. The fraction of sp³-hybridized carbons (Fsp3) is 0.526. The largest absolute Gasteiger partial charge is 0.332 e. The Morgan fingerprint density at radius 2 is 2.04 bits per heavy atom. The zero-order chi connectivity index (χ0) is 16.8. The molecule has 1 amide bonds. The predicted molar refractivity (Wildman–Crippen MR) is 97.9 cm³/mol. The second-order valence-corrected chi connectivity index (χ2v) is 7.05. The number of carbonyl (C=O) groups excluding carboxylic acids is 1. The number of amides is 1. The molecule has 0 spiro atoms. The first kappa shape index (κ1) is 18.4. The maximum Gasteiger partial charge on any atom is 0.249 e. The topological polar surface area (TPSA) is 20.3 Å². The molecule has 23 heavy (non-hydrogen) atoms. The van der Waals surface area contributed by atoms with Gasteiger partial charge in [0.05, 0.1) is 10.0 Å². The first-order valence-corrected chi connectivity index (χ1v) is 9.20. The molecule has 1 aliphatic carbocycles. The van der Waals surface area contributed by atoms with Gasteiger partial charge in [0.15, 0.2) is 0 Å². The smallest absolute Gasteiger partial charge is 0.249 e. The van der Waals surface area contributed by atoms with Crippen LogP contribution in [-0.2, 0) is 11.3 Å². The van der Waals surface area contributed by atoms with Crippen LogP contribution >= 0.6 is 23.2 Å². The van der Waals surface area contributed by atoms with Crippen molar-refractivity contribution in [3.63, 3.8) is 0 Å². The van der Waals surface area contributed by atoms with Crippen molar-refractivity contribution in [1.29, 1.82) is 0 Å².